The highest BCUT2D eigenvalue weighted by atomic mass is 16.6. The van der Waals surface area contributed by atoms with Crippen LogP contribution >= 0.6 is 0 Å². The fourth-order valence-corrected chi connectivity index (χ4v) is 3.59. The summed E-state index contributed by atoms with van der Waals surface area (Å²) in [5.74, 6) is 0. The summed E-state index contributed by atoms with van der Waals surface area (Å²) in [6.45, 7) is 7.61. The molecule has 164 valence electrons. The van der Waals surface area contributed by atoms with Crippen LogP contribution < -0.4 is 0 Å². The van der Waals surface area contributed by atoms with Gasteiger partial charge in [0.25, 0.3) is 0 Å². The van der Waals surface area contributed by atoms with Gasteiger partial charge in [0.1, 0.15) is 5.60 Å². The second kappa shape index (κ2) is 8.98. The number of rotatable bonds is 7. The number of ether oxygens (including phenoxy) is 2. The molecule has 1 heterocycles. The minimum atomic E-state index is -0.510. The average molecular weight is 416 g/mol. The molecule has 0 saturated heterocycles. The topological polar surface area (TPSA) is 64.0 Å². The number of fused-ring (bicyclic) bond motifs is 1. The van der Waals surface area contributed by atoms with E-state index >= 15 is 0 Å². The number of carbonyl (C=O) groups is 2. The van der Waals surface area contributed by atoms with E-state index in [0.717, 1.165) is 42.3 Å². The van der Waals surface area contributed by atoms with Crippen molar-refractivity contribution in [2.75, 3.05) is 20.7 Å². The van der Waals surface area contributed by atoms with Crippen LogP contribution in [0.2, 0.25) is 0 Å². The molecule has 0 bridgehead atoms. The molecule has 1 aromatic carbocycles. The van der Waals surface area contributed by atoms with Crippen molar-refractivity contribution in [2.45, 2.75) is 64.8 Å². The Balaban J connectivity index is 1.76. The number of hydrogen-bond donors (Lipinski definition) is 0. The molecular formula is C23H33N3O4. The molecule has 1 saturated carbocycles. The van der Waals surface area contributed by atoms with Crippen molar-refractivity contribution in [2.24, 2.45) is 0 Å². The molecule has 1 fully saturated rings. The Morgan fingerprint density at radius 1 is 1.17 bits per heavy atom. The van der Waals surface area contributed by atoms with Crippen LogP contribution in [0.25, 0.3) is 10.9 Å². The van der Waals surface area contributed by atoms with Crippen molar-refractivity contribution in [1.29, 1.82) is 0 Å². The van der Waals surface area contributed by atoms with Gasteiger partial charge in [-0.15, -0.1) is 0 Å². The highest BCUT2D eigenvalue weighted by Gasteiger charge is 2.35. The number of aryl methyl sites for hydroxylation is 1. The van der Waals surface area contributed by atoms with Gasteiger partial charge in [-0.05, 0) is 51.7 Å². The number of aromatic nitrogens is 1. The van der Waals surface area contributed by atoms with Gasteiger partial charge >= 0.3 is 12.2 Å². The zero-order chi connectivity index (χ0) is 21.9. The van der Waals surface area contributed by atoms with Crippen molar-refractivity contribution >= 4 is 23.1 Å². The Kier molecular flexibility index (Phi) is 6.58. The molecule has 0 aliphatic heterocycles. The molecular weight excluding hydrogens is 382 g/mol. The van der Waals surface area contributed by atoms with Crippen LogP contribution in [0.5, 0.6) is 0 Å². The number of methoxy groups -OCH3 is 1. The molecule has 0 N–H and O–H groups in total. The van der Waals surface area contributed by atoms with E-state index in [4.69, 9.17) is 9.47 Å². The molecule has 0 spiro atoms. The zero-order valence-corrected chi connectivity index (χ0v) is 18.7. The SMILES string of the molecule is COC(=O)N(C)CCCn1cc(CN(C(=O)OC(C)(C)C)C2CC2)c2ccccc21. The van der Waals surface area contributed by atoms with E-state index in [2.05, 4.69) is 22.9 Å². The first-order chi connectivity index (χ1) is 14.2. The molecule has 1 aromatic heterocycles. The van der Waals surface area contributed by atoms with E-state index in [-0.39, 0.29) is 18.2 Å². The van der Waals surface area contributed by atoms with Gasteiger partial charge < -0.3 is 23.8 Å². The maximum absolute atomic E-state index is 12.8. The van der Waals surface area contributed by atoms with E-state index in [9.17, 15) is 9.59 Å². The number of amides is 2. The Morgan fingerprint density at radius 2 is 1.87 bits per heavy atom. The van der Waals surface area contributed by atoms with Crippen LogP contribution in [0.1, 0.15) is 45.6 Å². The summed E-state index contributed by atoms with van der Waals surface area (Å²) in [6.07, 6.45) is 4.41. The first-order valence-electron chi connectivity index (χ1n) is 10.5. The monoisotopic (exact) mass is 415 g/mol. The summed E-state index contributed by atoms with van der Waals surface area (Å²) in [7, 11) is 3.13. The van der Waals surface area contributed by atoms with Crippen molar-refractivity contribution in [3.05, 3.63) is 36.0 Å². The highest BCUT2D eigenvalue weighted by molar-refractivity contribution is 5.84. The van der Waals surface area contributed by atoms with Gasteiger partial charge in [0.05, 0.1) is 13.7 Å². The Morgan fingerprint density at radius 3 is 2.50 bits per heavy atom. The van der Waals surface area contributed by atoms with Gasteiger partial charge in [0.15, 0.2) is 0 Å². The lowest BCUT2D eigenvalue weighted by Crippen LogP contribution is -2.37. The maximum atomic E-state index is 12.8. The molecule has 0 radical (unpaired) electrons. The summed E-state index contributed by atoms with van der Waals surface area (Å²) < 4.78 is 12.6. The van der Waals surface area contributed by atoms with Gasteiger partial charge in [-0.25, -0.2) is 9.59 Å². The normalized spacial score (nSPS) is 13.9. The number of benzene rings is 1. The third kappa shape index (κ3) is 5.46. The molecule has 1 aliphatic carbocycles. The average Bonchev–Trinajstić information content (AvgIpc) is 3.47. The van der Waals surface area contributed by atoms with Crippen molar-refractivity contribution in [3.8, 4) is 0 Å². The fraction of sp³-hybridized carbons (Fsp3) is 0.565. The smallest absolute Gasteiger partial charge is 0.410 e. The van der Waals surface area contributed by atoms with E-state index in [1.165, 1.54) is 7.11 Å². The molecule has 0 atom stereocenters. The molecule has 2 aromatic rings. The van der Waals surface area contributed by atoms with Crippen molar-refractivity contribution in [3.63, 3.8) is 0 Å². The van der Waals surface area contributed by atoms with E-state index in [1.54, 1.807) is 11.9 Å². The number of para-hydroxylation sites is 1. The zero-order valence-electron chi connectivity index (χ0n) is 18.7. The van der Waals surface area contributed by atoms with Gasteiger partial charge in [-0.1, -0.05) is 18.2 Å². The minimum Gasteiger partial charge on any atom is -0.453 e. The minimum absolute atomic E-state index is 0.249. The van der Waals surface area contributed by atoms with Crippen LogP contribution in [0.15, 0.2) is 30.5 Å². The lowest BCUT2D eigenvalue weighted by atomic mass is 10.1. The number of carbonyl (C=O) groups excluding carboxylic acids is 2. The predicted octanol–water partition coefficient (Wildman–Crippen LogP) is 4.63. The largest absolute Gasteiger partial charge is 0.453 e. The van der Waals surface area contributed by atoms with Crippen LogP contribution in [-0.4, -0.2) is 58.9 Å². The van der Waals surface area contributed by atoms with Gasteiger partial charge in [-0.3, -0.25) is 0 Å². The van der Waals surface area contributed by atoms with Gasteiger partial charge in [0, 0.05) is 43.3 Å². The standard InChI is InChI=1S/C23H33N3O4/c1-23(2,3)30-22(28)26(18-11-12-18)16-17-15-25(20-10-7-6-9-19(17)20)14-8-13-24(4)21(27)29-5/h6-7,9-10,15,18H,8,11-14,16H2,1-5H3. The van der Waals surface area contributed by atoms with Crippen LogP contribution in [0.4, 0.5) is 9.59 Å². The Labute approximate surface area is 178 Å². The summed E-state index contributed by atoms with van der Waals surface area (Å²) >= 11 is 0. The van der Waals surface area contributed by atoms with Crippen LogP contribution in [0, 0.1) is 0 Å². The fourth-order valence-electron chi connectivity index (χ4n) is 3.59. The summed E-state index contributed by atoms with van der Waals surface area (Å²) in [6, 6.07) is 8.50. The number of hydrogen-bond acceptors (Lipinski definition) is 4. The first kappa shape index (κ1) is 22.0. The molecule has 7 nitrogen and oxygen atoms in total. The summed E-state index contributed by atoms with van der Waals surface area (Å²) in [5.41, 5.74) is 1.74. The molecule has 2 amide bonds. The molecule has 3 rings (SSSR count). The van der Waals surface area contributed by atoms with E-state index < -0.39 is 5.60 Å². The van der Waals surface area contributed by atoms with Crippen LogP contribution in [0.3, 0.4) is 0 Å². The second-order valence-electron chi connectivity index (χ2n) is 8.95. The van der Waals surface area contributed by atoms with Crippen molar-refractivity contribution < 1.29 is 19.1 Å². The van der Waals surface area contributed by atoms with Crippen LogP contribution in [-0.2, 0) is 22.6 Å². The van der Waals surface area contributed by atoms with Gasteiger partial charge in [0.2, 0.25) is 0 Å². The highest BCUT2D eigenvalue weighted by Crippen LogP contribution is 2.32. The first-order valence-corrected chi connectivity index (χ1v) is 10.5. The summed E-state index contributed by atoms with van der Waals surface area (Å²) in [4.78, 5) is 27.8. The van der Waals surface area contributed by atoms with Gasteiger partial charge in [-0.2, -0.15) is 0 Å². The third-order valence-corrected chi connectivity index (χ3v) is 5.21. The second-order valence-corrected chi connectivity index (χ2v) is 8.95. The maximum Gasteiger partial charge on any atom is 0.410 e. The van der Waals surface area contributed by atoms with E-state index in [1.807, 2.05) is 37.8 Å². The lowest BCUT2D eigenvalue weighted by Gasteiger charge is -2.27. The molecule has 0 unspecified atom stereocenters. The summed E-state index contributed by atoms with van der Waals surface area (Å²) in [5, 5.41) is 1.15. The molecule has 1 aliphatic rings. The molecule has 7 heteroatoms. The number of nitrogens with zero attached hydrogens (tertiary/aromatic N) is 3. The molecule has 30 heavy (non-hydrogen) atoms. The Hall–Kier alpha value is -2.70. The Bertz CT molecular complexity index is 895. The lowest BCUT2D eigenvalue weighted by molar-refractivity contribution is 0.0217. The van der Waals surface area contributed by atoms with E-state index in [0.29, 0.717) is 13.1 Å². The third-order valence-electron chi connectivity index (χ3n) is 5.21. The quantitative estimate of drug-likeness (QED) is 0.661. The van der Waals surface area contributed by atoms with Crippen molar-refractivity contribution in [1.82, 2.24) is 14.4 Å². The predicted molar refractivity (Wildman–Crippen MR) is 116 cm³/mol.